The zero-order chi connectivity index (χ0) is 16.3. The molecule has 1 aliphatic heterocycles. The second kappa shape index (κ2) is 6.98. The van der Waals surface area contributed by atoms with Gasteiger partial charge in [-0.05, 0) is 37.5 Å². The van der Waals surface area contributed by atoms with Crippen molar-refractivity contribution in [3.8, 4) is 0 Å². The van der Waals surface area contributed by atoms with Crippen LogP contribution in [0.2, 0.25) is 0 Å². The normalized spacial score (nSPS) is 16.4. The van der Waals surface area contributed by atoms with Gasteiger partial charge in [0, 0.05) is 30.7 Å². The zero-order valence-corrected chi connectivity index (χ0v) is 14.8. The minimum absolute atomic E-state index is 0.383. The van der Waals surface area contributed by atoms with Crippen LogP contribution in [0.25, 0.3) is 0 Å². The molecule has 1 fully saturated rings. The summed E-state index contributed by atoms with van der Waals surface area (Å²) in [5, 5.41) is 4.13. The fraction of sp³-hybridized carbons (Fsp3) is 0.438. The number of nitrogens with zero attached hydrogens (tertiary/aromatic N) is 2. The Morgan fingerprint density at radius 1 is 1.17 bits per heavy atom. The zero-order valence-electron chi connectivity index (χ0n) is 13.2. The van der Waals surface area contributed by atoms with Crippen molar-refractivity contribution in [2.75, 3.05) is 18.4 Å². The first-order valence-electron chi connectivity index (χ1n) is 7.81. The first-order valence-corrected chi connectivity index (χ1v) is 10.1. The van der Waals surface area contributed by atoms with Gasteiger partial charge in [-0.25, -0.2) is 13.4 Å². The maximum atomic E-state index is 12.6. The number of thiazole rings is 1. The van der Waals surface area contributed by atoms with Crippen molar-refractivity contribution < 1.29 is 8.42 Å². The molecule has 23 heavy (non-hydrogen) atoms. The van der Waals surface area contributed by atoms with Gasteiger partial charge in [-0.2, -0.15) is 4.31 Å². The first kappa shape index (κ1) is 16.4. The third kappa shape index (κ3) is 3.91. The molecule has 1 aromatic carbocycles. The molecule has 0 unspecified atom stereocenters. The van der Waals surface area contributed by atoms with E-state index in [9.17, 15) is 8.42 Å². The van der Waals surface area contributed by atoms with E-state index in [0.29, 0.717) is 24.5 Å². The molecule has 0 radical (unpaired) electrons. The largest absolute Gasteiger partial charge is 0.357 e. The summed E-state index contributed by atoms with van der Waals surface area (Å²) in [6.45, 7) is 3.92. The van der Waals surface area contributed by atoms with Crippen LogP contribution in [0.5, 0.6) is 0 Å². The molecule has 2 heterocycles. The van der Waals surface area contributed by atoms with E-state index < -0.39 is 10.0 Å². The Kier molecular flexibility index (Phi) is 4.99. The van der Waals surface area contributed by atoms with Gasteiger partial charge >= 0.3 is 0 Å². The smallest absolute Gasteiger partial charge is 0.243 e. The molecule has 0 bridgehead atoms. The van der Waals surface area contributed by atoms with Gasteiger partial charge in [0.15, 0.2) is 5.13 Å². The lowest BCUT2D eigenvalue weighted by atomic mass is 10.2. The lowest BCUT2D eigenvalue weighted by Gasteiger charge is -2.25. The summed E-state index contributed by atoms with van der Waals surface area (Å²) < 4.78 is 26.8. The third-order valence-electron chi connectivity index (χ3n) is 3.94. The number of aromatic nitrogens is 1. The summed E-state index contributed by atoms with van der Waals surface area (Å²) in [7, 11) is -3.34. The highest BCUT2D eigenvalue weighted by atomic mass is 32.2. The molecule has 124 valence electrons. The molecule has 0 aliphatic carbocycles. The Labute approximate surface area is 141 Å². The van der Waals surface area contributed by atoms with Gasteiger partial charge in [0.2, 0.25) is 10.0 Å². The van der Waals surface area contributed by atoms with E-state index in [1.54, 1.807) is 27.8 Å². The summed E-state index contributed by atoms with van der Waals surface area (Å²) >= 11 is 1.61. The van der Waals surface area contributed by atoms with Crippen LogP contribution in [0.1, 0.15) is 29.7 Å². The van der Waals surface area contributed by atoms with Crippen LogP contribution < -0.4 is 5.32 Å². The van der Waals surface area contributed by atoms with Gasteiger partial charge in [-0.15, -0.1) is 11.3 Å². The number of hydrogen-bond acceptors (Lipinski definition) is 5. The standard InChI is InChI=1S/C16H21N3O2S2/c1-13-11-17-16(22-13)18-12-14-5-7-15(8-6-14)23(20,21)19-9-3-2-4-10-19/h5-8,11H,2-4,9-10,12H2,1H3,(H,17,18). The highest BCUT2D eigenvalue weighted by Crippen LogP contribution is 2.22. The van der Waals surface area contributed by atoms with Crippen LogP contribution in [0.3, 0.4) is 0 Å². The van der Waals surface area contributed by atoms with E-state index in [1.807, 2.05) is 25.3 Å². The van der Waals surface area contributed by atoms with E-state index in [4.69, 9.17) is 0 Å². The lowest BCUT2D eigenvalue weighted by molar-refractivity contribution is 0.346. The molecular formula is C16H21N3O2S2. The summed E-state index contributed by atoms with van der Waals surface area (Å²) in [5.41, 5.74) is 1.04. The van der Waals surface area contributed by atoms with Gasteiger partial charge < -0.3 is 5.32 Å². The van der Waals surface area contributed by atoms with Crippen molar-refractivity contribution in [1.29, 1.82) is 0 Å². The quantitative estimate of drug-likeness (QED) is 0.898. The molecular weight excluding hydrogens is 330 g/mol. The molecule has 0 atom stereocenters. The third-order valence-corrected chi connectivity index (χ3v) is 6.72. The molecule has 3 rings (SSSR count). The molecule has 0 spiro atoms. The number of hydrogen-bond donors (Lipinski definition) is 1. The topological polar surface area (TPSA) is 62.3 Å². The van der Waals surface area contributed by atoms with Crippen LogP contribution in [0.4, 0.5) is 5.13 Å². The molecule has 0 saturated carbocycles. The lowest BCUT2D eigenvalue weighted by Crippen LogP contribution is -2.35. The number of nitrogens with one attached hydrogen (secondary N) is 1. The van der Waals surface area contributed by atoms with Crippen LogP contribution >= 0.6 is 11.3 Å². The van der Waals surface area contributed by atoms with Crippen molar-refractivity contribution in [3.63, 3.8) is 0 Å². The molecule has 7 heteroatoms. The van der Waals surface area contributed by atoms with Gasteiger partial charge in [-0.3, -0.25) is 0 Å². The van der Waals surface area contributed by atoms with Crippen LogP contribution in [0, 0.1) is 6.92 Å². The van der Waals surface area contributed by atoms with Gasteiger partial charge in [0.05, 0.1) is 4.90 Å². The predicted octanol–water partition coefficient (Wildman–Crippen LogP) is 3.24. The predicted molar refractivity (Wildman–Crippen MR) is 93.2 cm³/mol. The van der Waals surface area contributed by atoms with Crippen LogP contribution in [-0.2, 0) is 16.6 Å². The number of sulfonamides is 1. The minimum Gasteiger partial charge on any atom is -0.357 e. The number of aryl methyl sites for hydroxylation is 1. The monoisotopic (exact) mass is 351 g/mol. The highest BCUT2D eigenvalue weighted by Gasteiger charge is 2.25. The maximum Gasteiger partial charge on any atom is 0.243 e. The molecule has 1 aliphatic rings. The number of piperidine rings is 1. The Hall–Kier alpha value is -1.44. The Balaban J connectivity index is 1.66. The van der Waals surface area contributed by atoms with E-state index in [0.717, 1.165) is 34.8 Å². The number of anilines is 1. The summed E-state index contributed by atoms with van der Waals surface area (Å²) in [6.07, 6.45) is 4.86. The number of benzene rings is 1. The Bertz CT molecular complexity index is 748. The molecule has 1 saturated heterocycles. The second-order valence-electron chi connectivity index (χ2n) is 5.74. The van der Waals surface area contributed by atoms with E-state index in [2.05, 4.69) is 10.3 Å². The van der Waals surface area contributed by atoms with E-state index in [-0.39, 0.29) is 0 Å². The SMILES string of the molecule is Cc1cnc(NCc2ccc(S(=O)(=O)N3CCCCC3)cc2)s1. The van der Waals surface area contributed by atoms with Crippen LogP contribution in [-0.4, -0.2) is 30.8 Å². The van der Waals surface area contributed by atoms with Gasteiger partial charge in [0.25, 0.3) is 0 Å². The Morgan fingerprint density at radius 3 is 2.48 bits per heavy atom. The molecule has 5 nitrogen and oxygen atoms in total. The molecule has 2 aromatic rings. The summed E-state index contributed by atoms with van der Waals surface area (Å²) in [6, 6.07) is 7.14. The average molecular weight is 351 g/mol. The van der Waals surface area contributed by atoms with Crippen molar-refractivity contribution in [3.05, 3.63) is 40.9 Å². The highest BCUT2D eigenvalue weighted by molar-refractivity contribution is 7.89. The van der Waals surface area contributed by atoms with Crippen molar-refractivity contribution in [2.45, 2.75) is 37.6 Å². The van der Waals surface area contributed by atoms with E-state index >= 15 is 0 Å². The van der Waals surface area contributed by atoms with Crippen molar-refractivity contribution >= 4 is 26.5 Å². The van der Waals surface area contributed by atoms with Gasteiger partial charge in [-0.1, -0.05) is 18.6 Å². The van der Waals surface area contributed by atoms with Crippen LogP contribution in [0.15, 0.2) is 35.4 Å². The average Bonchev–Trinajstić information content (AvgIpc) is 3.00. The maximum absolute atomic E-state index is 12.6. The molecule has 0 amide bonds. The molecule has 1 N–H and O–H groups in total. The first-order chi connectivity index (χ1) is 11.1. The fourth-order valence-electron chi connectivity index (χ4n) is 2.65. The van der Waals surface area contributed by atoms with Crippen molar-refractivity contribution in [2.24, 2.45) is 0 Å². The van der Waals surface area contributed by atoms with E-state index in [1.165, 1.54) is 0 Å². The summed E-state index contributed by atoms with van der Waals surface area (Å²) in [5.74, 6) is 0. The van der Waals surface area contributed by atoms with Gasteiger partial charge in [0.1, 0.15) is 0 Å². The fourth-order valence-corrected chi connectivity index (χ4v) is 4.82. The number of rotatable bonds is 5. The summed E-state index contributed by atoms with van der Waals surface area (Å²) in [4.78, 5) is 5.80. The molecule has 1 aromatic heterocycles. The second-order valence-corrected chi connectivity index (χ2v) is 8.91. The minimum atomic E-state index is -3.34. The Morgan fingerprint density at radius 2 is 1.87 bits per heavy atom. The van der Waals surface area contributed by atoms with Crippen molar-refractivity contribution in [1.82, 2.24) is 9.29 Å².